The summed E-state index contributed by atoms with van der Waals surface area (Å²) >= 11 is 27.8. The normalized spacial score (nSPS) is 13.8. The number of aryl methyl sites for hydroxylation is 1. The summed E-state index contributed by atoms with van der Waals surface area (Å²) in [5.41, 5.74) is 0.982. The molecule has 0 bridgehead atoms. The summed E-state index contributed by atoms with van der Waals surface area (Å²) in [6.07, 6.45) is 0.670. The van der Waals surface area contributed by atoms with Gasteiger partial charge in [0, 0.05) is 10.2 Å². The Kier molecular flexibility index (Phi) is 8.76. The Morgan fingerprint density at radius 1 is 1.00 bits per heavy atom. The molecule has 0 saturated heterocycles. The van der Waals surface area contributed by atoms with E-state index in [1.165, 1.54) is 0 Å². The SMILES string of the molecule is CCc1cc(Br)ccc1NC(=O)COC(=O)[C@@H](C(C)C)N1C(=O)c2c(Cl)c(Cl)c(Cl)c(Cl)c2C1=O. The van der Waals surface area contributed by atoms with E-state index in [1.54, 1.807) is 26.0 Å². The Morgan fingerprint density at radius 3 is 2.03 bits per heavy atom. The van der Waals surface area contributed by atoms with Gasteiger partial charge in [-0.2, -0.15) is 0 Å². The number of imide groups is 1. The van der Waals surface area contributed by atoms with E-state index < -0.39 is 42.3 Å². The first kappa shape index (κ1) is 27.7. The molecule has 0 aromatic heterocycles. The first-order valence-corrected chi connectivity index (χ1v) is 12.7. The Morgan fingerprint density at radius 2 is 1.54 bits per heavy atom. The summed E-state index contributed by atoms with van der Waals surface area (Å²) in [6, 6.07) is 4.01. The number of amides is 3. The number of anilines is 1. The number of halogens is 5. The third-order valence-electron chi connectivity index (χ3n) is 5.35. The van der Waals surface area contributed by atoms with Crippen LogP contribution in [0.5, 0.6) is 0 Å². The minimum atomic E-state index is -1.35. The number of esters is 1. The molecule has 0 aliphatic carbocycles. The van der Waals surface area contributed by atoms with Crippen molar-refractivity contribution in [2.75, 3.05) is 11.9 Å². The van der Waals surface area contributed by atoms with Gasteiger partial charge >= 0.3 is 5.97 Å². The number of carbonyl (C=O) groups excluding carboxylic acids is 4. The van der Waals surface area contributed by atoms with Crippen LogP contribution in [0.1, 0.15) is 47.1 Å². The van der Waals surface area contributed by atoms with E-state index in [1.807, 2.05) is 13.0 Å². The second kappa shape index (κ2) is 11.0. The van der Waals surface area contributed by atoms with Crippen LogP contribution in [-0.2, 0) is 20.7 Å². The zero-order chi connectivity index (χ0) is 26.2. The summed E-state index contributed by atoms with van der Waals surface area (Å²) < 4.78 is 6.05. The van der Waals surface area contributed by atoms with Gasteiger partial charge in [-0.3, -0.25) is 19.3 Å². The van der Waals surface area contributed by atoms with Crippen LogP contribution >= 0.6 is 62.3 Å². The number of nitrogens with zero attached hydrogens (tertiary/aromatic N) is 1. The standard InChI is InChI=1S/C23H19BrCl4N2O5/c1-4-10-7-11(24)5-6-12(10)29-13(31)8-35-23(34)20(9(2)3)30-21(32)14-15(22(30)33)17(26)19(28)18(27)16(14)25/h5-7,9,20H,4,8H2,1-3H3,(H,29,31)/t20-/m1/s1. The van der Waals surface area contributed by atoms with E-state index >= 15 is 0 Å². The molecule has 0 unspecified atom stereocenters. The summed E-state index contributed by atoms with van der Waals surface area (Å²) in [5, 5.41) is 1.85. The molecule has 3 rings (SSSR count). The van der Waals surface area contributed by atoms with E-state index in [0.29, 0.717) is 17.0 Å². The van der Waals surface area contributed by atoms with Crippen molar-refractivity contribution >= 4 is 91.7 Å². The zero-order valence-electron chi connectivity index (χ0n) is 18.7. The molecule has 7 nitrogen and oxygen atoms in total. The quantitative estimate of drug-likeness (QED) is 0.166. The first-order valence-electron chi connectivity index (χ1n) is 10.4. The highest BCUT2D eigenvalue weighted by atomic mass is 79.9. The summed E-state index contributed by atoms with van der Waals surface area (Å²) in [4.78, 5) is 52.4. The maximum atomic E-state index is 13.1. The molecule has 35 heavy (non-hydrogen) atoms. The van der Waals surface area contributed by atoms with Crippen LogP contribution in [0.3, 0.4) is 0 Å². The minimum absolute atomic E-state index is 0.181. The fourth-order valence-electron chi connectivity index (χ4n) is 3.68. The molecule has 2 aromatic carbocycles. The minimum Gasteiger partial charge on any atom is -0.454 e. The monoisotopic (exact) mass is 622 g/mol. The summed E-state index contributed by atoms with van der Waals surface area (Å²) in [5.74, 6) is -3.81. The number of carbonyl (C=O) groups is 4. The molecule has 1 atom stereocenters. The molecule has 0 saturated carbocycles. The lowest BCUT2D eigenvalue weighted by molar-refractivity contribution is -0.152. The molecule has 1 aliphatic rings. The fourth-order valence-corrected chi connectivity index (χ4v) is 5.10. The van der Waals surface area contributed by atoms with Gasteiger partial charge in [0.05, 0.1) is 31.2 Å². The predicted octanol–water partition coefficient (Wildman–Crippen LogP) is 6.43. The predicted molar refractivity (Wildman–Crippen MR) is 139 cm³/mol. The van der Waals surface area contributed by atoms with Crippen LogP contribution < -0.4 is 5.32 Å². The van der Waals surface area contributed by atoms with Crippen LogP contribution in [0.25, 0.3) is 0 Å². The van der Waals surface area contributed by atoms with E-state index in [2.05, 4.69) is 21.2 Å². The molecular weight excluding hydrogens is 606 g/mol. The fraction of sp³-hybridized carbons (Fsp3) is 0.304. The topological polar surface area (TPSA) is 92.8 Å². The van der Waals surface area contributed by atoms with Crippen molar-refractivity contribution in [3.8, 4) is 0 Å². The van der Waals surface area contributed by atoms with E-state index in [0.717, 1.165) is 10.0 Å². The number of rotatable bonds is 7. The molecule has 12 heteroatoms. The number of benzene rings is 2. The number of ether oxygens (including phenoxy) is 1. The van der Waals surface area contributed by atoms with Crippen LogP contribution in [0.4, 0.5) is 5.69 Å². The van der Waals surface area contributed by atoms with Gasteiger partial charge in [-0.05, 0) is 36.1 Å². The van der Waals surface area contributed by atoms with Crippen LogP contribution in [0, 0.1) is 5.92 Å². The first-order chi connectivity index (χ1) is 16.4. The second-order valence-corrected chi connectivity index (χ2v) is 10.4. The number of hydrogen-bond donors (Lipinski definition) is 1. The molecular formula is C23H19BrCl4N2O5. The Hall–Kier alpha value is -1.84. The van der Waals surface area contributed by atoms with Gasteiger partial charge < -0.3 is 10.1 Å². The van der Waals surface area contributed by atoms with E-state index in [4.69, 9.17) is 51.1 Å². The maximum Gasteiger partial charge on any atom is 0.330 e. The van der Waals surface area contributed by atoms with Gasteiger partial charge in [0.15, 0.2) is 6.61 Å². The molecule has 1 aliphatic heterocycles. The van der Waals surface area contributed by atoms with Gasteiger partial charge in [-0.25, -0.2) is 4.79 Å². The van der Waals surface area contributed by atoms with Gasteiger partial charge in [0.2, 0.25) is 0 Å². The summed E-state index contributed by atoms with van der Waals surface area (Å²) in [6.45, 7) is 4.55. The maximum absolute atomic E-state index is 13.1. The van der Waals surface area contributed by atoms with Crippen LogP contribution in [-0.4, -0.2) is 41.2 Å². The highest BCUT2D eigenvalue weighted by Crippen LogP contribution is 2.45. The Bertz CT molecular complexity index is 1200. The van der Waals surface area contributed by atoms with Crippen molar-refractivity contribution in [2.45, 2.75) is 33.2 Å². The lowest BCUT2D eigenvalue weighted by Gasteiger charge is -2.27. The van der Waals surface area contributed by atoms with Crippen molar-refractivity contribution in [3.05, 3.63) is 59.5 Å². The zero-order valence-corrected chi connectivity index (χ0v) is 23.3. The number of fused-ring (bicyclic) bond motifs is 1. The summed E-state index contributed by atoms with van der Waals surface area (Å²) in [7, 11) is 0. The molecule has 2 aromatic rings. The van der Waals surface area contributed by atoms with E-state index in [-0.39, 0.29) is 31.2 Å². The highest BCUT2D eigenvalue weighted by molar-refractivity contribution is 9.10. The Balaban J connectivity index is 1.80. The van der Waals surface area contributed by atoms with Crippen molar-refractivity contribution in [2.24, 2.45) is 5.92 Å². The van der Waals surface area contributed by atoms with Gasteiger partial charge in [0.25, 0.3) is 17.7 Å². The van der Waals surface area contributed by atoms with Gasteiger partial charge in [-0.15, -0.1) is 0 Å². The highest BCUT2D eigenvalue weighted by Gasteiger charge is 2.48. The lowest BCUT2D eigenvalue weighted by Crippen LogP contribution is -2.49. The van der Waals surface area contributed by atoms with Crippen molar-refractivity contribution in [3.63, 3.8) is 0 Å². The third-order valence-corrected chi connectivity index (χ3v) is 7.65. The van der Waals surface area contributed by atoms with Crippen molar-refractivity contribution < 1.29 is 23.9 Å². The van der Waals surface area contributed by atoms with Crippen molar-refractivity contribution in [1.82, 2.24) is 4.90 Å². The average molecular weight is 625 g/mol. The molecule has 1 heterocycles. The molecule has 0 spiro atoms. The molecule has 3 amide bonds. The lowest BCUT2D eigenvalue weighted by atomic mass is 10.0. The Labute approximate surface area is 230 Å². The molecule has 0 fully saturated rings. The number of nitrogens with one attached hydrogen (secondary N) is 1. The van der Waals surface area contributed by atoms with Crippen LogP contribution in [0.2, 0.25) is 20.1 Å². The average Bonchev–Trinajstić information content (AvgIpc) is 3.06. The molecule has 0 radical (unpaired) electrons. The smallest absolute Gasteiger partial charge is 0.330 e. The van der Waals surface area contributed by atoms with Gasteiger partial charge in [-0.1, -0.05) is 83.1 Å². The molecule has 1 N–H and O–H groups in total. The number of hydrogen-bond acceptors (Lipinski definition) is 5. The molecule has 186 valence electrons. The largest absolute Gasteiger partial charge is 0.454 e. The van der Waals surface area contributed by atoms with Crippen molar-refractivity contribution in [1.29, 1.82) is 0 Å². The van der Waals surface area contributed by atoms with Crippen LogP contribution in [0.15, 0.2) is 22.7 Å². The van der Waals surface area contributed by atoms with Gasteiger partial charge in [0.1, 0.15) is 6.04 Å². The third kappa shape index (κ3) is 5.32. The second-order valence-electron chi connectivity index (χ2n) is 7.99. The van der Waals surface area contributed by atoms with E-state index in [9.17, 15) is 19.2 Å².